The molecule has 0 aliphatic heterocycles. The predicted octanol–water partition coefficient (Wildman–Crippen LogP) is 3.98. The molecule has 3 nitrogen and oxygen atoms in total. The largest absolute Gasteiger partial charge is 0.465 e. The highest BCUT2D eigenvalue weighted by Crippen LogP contribution is 2.46. The number of nitrogens with zero attached hydrogens (tertiary/aromatic N) is 1. The lowest BCUT2D eigenvalue weighted by atomic mass is 9.96. The van der Waals surface area contributed by atoms with Gasteiger partial charge in [0, 0.05) is 37.0 Å². The zero-order chi connectivity index (χ0) is 15.2. The molecule has 1 atom stereocenters. The van der Waals surface area contributed by atoms with Gasteiger partial charge in [0.2, 0.25) is 5.92 Å². The molecule has 2 aromatic rings. The molecule has 0 amide bonds. The van der Waals surface area contributed by atoms with Gasteiger partial charge in [-0.25, -0.2) is 13.6 Å². The summed E-state index contributed by atoms with van der Waals surface area (Å²) in [6, 6.07) is 5.26. The fourth-order valence-electron chi connectivity index (χ4n) is 3.20. The van der Waals surface area contributed by atoms with Crippen LogP contribution in [0, 0.1) is 0 Å². The van der Waals surface area contributed by atoms with Gasteiger partial charge in [0.15, 0.2) is 0 Å². The lowest BCUT2D eigenvalue weighted by Gasteiger charge is -2.09. The van der Waals surface area contributed by atoms with Gasteiger partial charge in [-0.05, 0) is 30.0 Å². The molecule has 0 radical (unpaired) electrons. The smallest absolute Gasteiger partial charge is 0.337 e. The molecular weight excluding hydrogens is 308 g/mol. The van der Waals surface area contributed by atoms with Gasteiger partial charge in [0.1, 0.15) is 0 Å². The summed E-state index contributed by atoms with van der Waals surface area (Å²) < 4.78 is 33.5. The Morgan fingerprint density at radius 2 is 2.14 bits per heavy atom. The molecular formula is C16H19F2NO2S. The van der Waals surface area contributed by atoms with E-state index in [1.165, 1.54) is 7.11 Å². The first-order chi connectivity index (χ1) is 9.91. The minimum absolute atomic E-state index is 0. The number of hydrogen-bond donors (Lipinski definition) is 0. The Morgan fingerprint density at radius 3 is 2.73 bits per heavy atom. The number of hydrogen-bond acceptors (Lipinski definition) is 2. The summed E-state index contributed by atoms with van der Waals surface area (Å²) in [5.74, 6) is -3.07. The Morgan fingerprint density at radius 1 is 1.41 bits per heavy atom. The van der Waals surface area contributed by atoms with E-state index in [1.54, 1.807) is 12.1 Å². The van der Waals surface area contributed by atoms with E-state index in [-0.39, 0.29) is 32.3 Å². The van der Waals surface area contributed by atoms with E-state index >= 15 is 0 Å². The van der Waals surface area contributed by atoms with Crippen LogP contribution >= 0.6 is 13.5 Å². The third-order valence-corrected chi connectivity index (χ3v) is 4.29. The van der Waals surface area contributed by atoms with Gasteiger partial charge in [-0.1, -0.05) is 6.07 Å². The van der Waals surface area contributed by atoms with Crippen LogP contribution in [0.15, 0.2) is 24.4 Å². The Balaban J connectivity index is 0.00000176. The molecule has 1 unspecified atom stereocenters. The van der Waals surface area contributed by atoms with Gasteiger partial charge < -0.3 is 9.30 Å². The summed E-state index contributed by atoms with van der Waals surface area (Å²) in [5.41, 5.74) is 2.28. The summed E-state index contributed by atoms with van der Waals surface area (Å²) in [5, 5.41) is 0.938. The van der Waals surface area contributed by atoms with Crippen molar-refractivity contribution in [3.05, 3.63) is 35.5 Å². The first-order valence-electron chi connectivity index (χ1n) is 6.96. The number of rotatable bonds is 2. The molecule has 3 rings (SSSR count). The maximum absolute atomic E-state index is 13.4. The molecule has 1 aliphatic carbocycles. The van der Waals surface area contributed by atoms with E-state index in [0.717, 1.165) is 16.5 Å². The van der Waals surface area contributed by atoms with Crippen molar-refractivity contribution in [2.45, 2.75) is 31.1 Å². The number of halogens is 2. The highest BCUT2D eigenvalue weighted by atomic mass is 32.1. The van der Waals surface area contributed by atoms with Crippen molar-refractivity contribution < 1.29 is 18.3 Å². The van der Waals surface area contributed by atoms with Crippen LogP contribution in [0.2, 0.25) is 0 Å². The summed E-state index contributed by atoms with van der Waals surface area (Å²) in [6.07, 6.45) is 2.27. The maximum atomic E-state index is 13.4. The van der Waals surface area contributed by atoms with Gasteiger partial charge in [0.05, 0.1) is 12.7 Å². The second-order valence-corrected chi connectivity index (χ2v) is 5.71. The van der Waals surface area contributed by atoms with Gasteiger partial charge >= 0.3 is 5.97 Å². The average Bonchev–Trinajstić information content (AvgIpc) is 2.98. The number of carbonyl (C=O) groups is 1. The molecule has 1 aromatic heterocycles. The van der Waals surface area contributed by atoms with Crippen LogP contribution in [0.5, 0.6) is 0 Å². The van der Waals surface area contributed by atoms with Crippen LogP contribution in [0.4, 0.5) is 8.78 Å². The molecule has 0 bridgehead atoms. The first-order valence-corrected chi connectivity index (χ1v) is 6.96. The molecule has 0 saturated heterocycles. The molecule has 22 heavy (non-hydrogen) atoms. The Kier molecular flexibility index (Phi) is 4.52. The standard InChI is InChI=1S/C16H17F2NO2.H2S/c1-19-9-13(11-5-6-16(17,18)8-11)12-4-3-10(7-14(12)19)15(20)21-2;/h3-4,7,9,11H,5-6,8H2,1-2H3;1H2. The topological polar surface area (TPSA) is 31.2 Å². The van der Waals surface area contributed by atoms with Crippen LogP contribution in [-0.4, -0.2) is 23.6 Å². The van der Waals surface area contributed by atoms with Crippen molar-refractivity contribution in [2.24, 2.45) is 7.05 Å². The highest BCUT2D eigenvalue weighted by molar-refractivity contribution is 7.59. The summed E-state index contributed by atoms with van der Waals surface area (Å²) in [7, 11) is 3.20. The fraction of sp³-hybridized carbons (Fsp3) is 0.438. The van der Waals surface area contributed by atoms with Crippen molar-refractivity contribution in [1.29, 1.82) is 0 Å². The van der Waals surface area contributed by atoms with Crippen molar-refractivity contribution in [1.82, 2.24) is 4.57 Å². The Bertz CT molecular complexity index is 711. The van der Waals surface area contributed by atoms with Gasteiger partial charge in [-0.2, -0.15) is 13.5 Å². The molecule has 6 heteroatoms. The predicted molar refractivity (Wildman–Crippen MR) is 86.2 cm³/mol. The highest BCUT2D eigenvalue weighted by Gasteiger charge is 2.40. The van der Waals surface area contributed by atoms with E-state index in [0.29, 0.717) is 12.0 Å². The minimum atomic E-state index is -2.56. The molecule has 1 aromatic carbocycles. The normalized spacial score (nSPS) is 19.9. The summed E-state index contributed by atoms with van der Waals surface area (Å²) in [4.78, 5) is 11.6. The molecule has 0 N–H and O–H groups in total. The number of esters is 1. The molecule has 0 spiro atoms. The van der Waals surface area contributed by atoms with Crippen molar-refractivity contribution in [2.75, 3.05) is 7.11 Å². The first kappa shape index (κ1) is 16.8. The number of ether oxygens (including phenoxy) is 1. The lowest BCUT2D eigenvalue weighted by Crippen LogP contribution is -2.09. The molecule has 120 valence electrons. The fourth-order valence-corrected chi connectivity index (χ4v) is 3.20. The average molecular weight is 327 g/mol. The van der Waals surface area contributed by atoms with Gasteiger partial charge in [-0.15, -0.1) is 0 Å². The number of benzene rings is 1. The molecule has 1 heterocycles. The quantitative estimate of drug-likeness (QED) is 0.781. The second-order valence-electron chi connectivity index (χ2n) is 5.71. The van der Waals surface area contributed by atoms with Crippen LogP contribution in [-0.2, 0) is 11.8 Å². The van der Waals surface area contributed by atoms with E-state index in [1.807, 2.05) is 23.9 Å². The summed E-state index contributed by atoms with van der Waals surface area (Å²) in [6.45, 7) is 0. The van der Waals surface area contributed by atoms with Crippen molar-refractivity contribution >= 4 is 30.4 Å². The lowest BCUT2D eigenvalue weighted by molar-refractivity contribution is 0.00779. The zero-order valence-electron chi connectivity index (χ0n) is 12.5. The number of alkyl halides is 2. The summed E-state index contributed by atoms with van der Waals surface area (Å²) >= 11 is 0. The number of carbonyl (C=O) groups excluding carboxylic acids is 1. The molecule has 1 saturated carbocycles. The van der Waals surface area contributed by atoms with E-state index in [9.17, 15) is 13.6 Å². The molecule has 1 fully saturated rings. The second kappa shape index (κ2) is 5.91. The van der Waals surface area contributed by atoms with Gasteiger partial charge in [0.25, 0.3) is 0 Å². The maximum Gasteiger partial charge on any atom is 0.337 e. The Labute approximate surface area is 134 Å². The third-order valence-electron chi connectivity index (χ3n) is 4.29. The Hall–Kier alpha value is -1.56. The van der Waals surface area contributed by atoms with Crippen LogP contribution in [0.3, 0.4) is 0 Å². The minimum Gasteiger partial charge on any atom is -0.465 e. The van der Waals surface area contributed by atoms with E-state index in [4.69, 9.17) is 4.74 Å². The number of aryl methyl sites for hydroxylation is 1. The SMILES string of the molecule is COC(=O)c1ccc2c(C3CCC(F)(F)C3)cn(C)c2c1.S. The molecule has 1 aliphatic rings. The number of aromatic nitrogens is 1. The monoisotopic (exact) mass is 327 g/mol. The van der Waals surface area contributed by atoms with Crippen molar-refractivity contribution in [3.63, 3.8) is 0 Å². The van der Waals surface area contributed by atoms with E-state index < -0.39 is 11.9 Å². The van der Waals surface area contributed by atoms with Crippen LogP contribution in [0.25, 0.3) is 10.9 Å². The van der Waals surface area contributed by atoms with E-state index in [2.05, 4.69) is 0 Å². The van der Waals surface area contributed by atoms with Gasteiger partial charge in [-0.3, -0.25) is 0 Å². The van der Waals surface area contributed by atoms with Crippen LogP contribution in [0.1, 0.15) is 41.1 Å². The third kappa shape index (κ3) is 2.84. The number of fused-ring (bicyclic) bond motifs is 1. The zero-order valence-corrected chi connectivity index (χ0v) is 13.5. The van der Waals surface area contributed by atoms with Crippen molar-refractivity contribution in [3.8, 4) is 0 Å². The van der Waals surface area contributed by atoms with Crippen LogP contribution < -0.4 is 0 Å². The number of methoxy groups -OCH3 is 1.